The van der Waals surface area contributed by atoms with E-state index in [0.717, 1.165) is 0 Å². The molecule has 3 amide bonds. The number of hydroxylamine groups is 2. The summed E-state index contributed by atoms with van der Waals surface area (Å²) in [6.07, 6.45) is -0.266. The quantitative estimate of drug-likeness (QED) is 0.569. The molecule has 9 nitrogen and oxygen atoms in total. The predicted molar refractivity (Wildman–Crippen MR) is 88.9 cm³/mol. The predicted octanol–water partition coefficient (Wildman–Crippen LogP) is 0.424. The number of rotatable bonds is 5. The van der Waals surface area contributed by atoms with Crippen LogP contribution in [0.2, 0.25) is 0 Å². The summed E-state index contributed by atoms with van der Waals surface area (Å²) in [6.45, 7) is 1.69. The van der Waals surface area contributed by atoms with Gasteiger partial charge in [0.15, 0.2) is 0 Å². The molecule has 0 spiro atoms. The minimum atomic E-state index is -3.78. The van der Waals surface area contributed by atoms with Gasteiger partial charge < -0.3 is 14.7 Å². The molecule has 2 unspecified atom stereocenters. The van der Waals surface area contributed by atoms with Crippen LogP contribution in [0, 0.1) is 0 Å². The SMILES string of the molecule is C=S(=O)(O)C1CC(=O)N(OC(=O)c2ccc(NC(=O)CC)cc2)C1=O. The van der Waals surface area contributed by atoms with Gasteiger partial charge in [-0.05, 0) is 30.1 Å². The summed E-state index contributed by atoms with van der Waals surface area (Å²) in [5, 5.41) is 1.23. The van der Waals surface area contributed by atoms with E-state index in [1.807, 2.05) is 0 Å². The Labute approximate surface area is 143 Å². The summed E-state index contributed by atoms with van der Waals surface area (Å²) >= 11 is 0. The molecule has 0 aromatic heterocycles. The highest BCUT2D eigenvalue weighted by Crippen LogP contribution is 2.21. The third-order valence-corrected chi connectivity index (χ3v) is 4.66. The monoisotopic (exact) mass is 368 g/mol. The Hall–Kier alpha value is -2.72. The number of hydrogen-bond acceptors (Lipinski definition) is 6. The van der Waals surface area contributed by atoms with Crippen LogP contribution in [0.1, 0.15) is 30.1 Å². The van der Waals surface area contributed by atoms with Crippen LogP contribution < -0.4 is 5.32 Å². The van der Waals surface area contributed by atoms with E-state index in [9.17, 15) is 27.9 Å². The zero-order chi connectivity index (χ0) is 18.8. The number of amides is 3. The molecule has 2 N–H and O–H groups in total. The lowest BCUT2D eigenvalue weighted by Gasteiger charge is -2.14. The Bertz CT molecular complexity index is 830. The first-order chi connectivity index (χ1) is 11.6. The van der Waals surface area contributed by atoms with Crippen LogP contribution >= 0.6 is 0 Å². The van der Waals surface area contributed by atoms with Crippen LogP contribution in [0.15, 0.2) is 24.3 Å². The van der Waals surface area contributed by atoms with Gasteiger partial charge in [-0.3, -0.25) is 14.4 Å². The molecule has 10 heteroatoms. The maximum Gasteiger partial charge on any atom is 0.363 e. The highest BCUT2D eigenvalue weighted by molar-refractivity contribution is 7.96. The van der Waals surface area contributed by atoms with Gasteiger partial charge in [0.2, 0.25) is 5.91 Å². The van der Waals surface area contributed by atoms with E-state index in [1.54, 1.807) is 6.92 Å². The van der Waals surface area contributed by atoms with E-state index in [1.165, 1.54) is 24.3 Å². The second kappa shape index (κ2) is 7.03. The van der Waals surface area contributed by atoms with Crippen molar-refractivity contribution >= 4 is 45.1 Å². The second-order valence-electron chi connectivity index (χ2n) is 5.27. The Balaban J connectivity index is 2.08. The Morgan fingerprint density at radius 1 is 1.36 bits per heavy atom. The van der Waals surface area contributed by atoms with Crippen LogP contribution in [0.4, 0.5) is 5.69 Å². The van der Waals surface area contributed by atoms with E-state index in [-0.39, 0.29) is 16.5 Å². The lowest BCUT2D eigenvalue weighted by Crippen LogP contribution is -2.36. The molecule has 134 valence electrons. The van der Waals surface area contributed by atoms with Gasteiger partial charge in [-0.15, -0.1) is 5.06 Å². The van der Waals surface area contributed by atoms with Crippen molar-refractivity contribution < 1.29 is 32.8 Å². The number of nitrogens with one attached hydrogen (secondary N) is 1. The Morgan fingerprint density at radius 3 is 2.44 bits per heavy atom. The number of carbonyl (C=O) groups is 4. The zero-order valence-electron chi connectivity index (χ0n) is 13.3. The first kappa shape index (κ1) is 18.6. The fourth-order valence-electron chi connectivity index (χ4n) is 2.04. The smallest absolute Gasteiger partial charge is 0.326 e. The zero-order valence-corrected chi connectivity index (χ0v) is 14.1. The van der Waals surface area contributed by atoms with E-state index < -0.39 is 39.3 Å². The molecule has 0 bridgehead atoms. The first-order valence-corrected chi connectivity index (χ1v) is 8.95. The van der Waals surface area contributed by atoms with Crippen molar-refractivity contribution in [3.63, 3.8) is 0 Å². The number of carbonyl (C=O) groups excluding carboxylic acids is 4. The van der Waals surface area contributed by atoms with Gasteiger partial charge in [0, 0.05) is 12.1 Å². The number of anilines is 1. The molecule has 1 heterocycles. The molecular formula is C15H16N2O7S. The van der Waals surface area contributed by atoms with Gasteiger partial charge in [-0.25, -0.2) is 9.00 Å². The van der Waals surface area contributed by atoms with Gasteiger partial charge in [-0.2, -0.15) is 0 Å². The number of hydrogen-bond donors (Lipinski definition) is 2. The third-order valence-electron chi connectivity index (χ3n) is 3.41. The minimum Gasteiger partial charge on any atom is -0.326 e. The summed E-state index contributed by atoms with van der Waals surface area (Å²) in [6, 6.07) is 5.59. The van der Waals surface area contributed by atoms with Crippen molar-refractivity contribution in [3.8, 4) is 0 Å². The fraction of sp³-hybridized carbons (Fsp3) is 0.267. The van der Waals surface area contributed by atoms with E-state index in [2.05, 4.69) is 11.2 Å². The van der Waals surface area contributed by atoms with Crippen LogP contribution in [0.3, 0.4) is 0 Å². The van der Waals surface area contributed by atoms with Gasteiger partial charge in [-0.1, -0.05) is 6.92 Å². The summed E-state index contributed by atoms with van der Waals surface area (Å²) < 4.78 is 20.8. The van der Waals surface area contributed by atoms with Gasteiger partial charge >= 0.3 is 5.97 Å². The van der Waals surface area contributed by atoms with Crippen molar-refractivity contribution in [2.45, 2.75) is 25.0 Å². The fourth-order valence-corrected chi connectivity index (χ4v) is 2.85. The maximum absolute atomic E-state index is 12.0. The lowest BCUT2D eigenvalue weighted by atomic mass is 10.2. The van der Waals surface area contributed by atoms with Gasteiger partial charge in [0.1, 0.15) is 5.25 Å². The summed E-state index contributed by atoms with van der Waals surface area (Å²) in [4.78, 5) is 51.7. The molecule has 1 aromatic rings. The average Bonchev–Trinajstić information content (AvgIpc) is 2.83. The van der Waals surface area contributed by atoms with Crippen LogP contribution in [-0.4, -0.2) is 48.6 Å². The third kappa shape index (κ3) is 4.22. The van der Waals surface area contributed by atoms with Crippen molar-refractivity contribution in [2.75, 3.05) is 5.32 Å². The molecule has 0 aliphatic carbocycles. The molecular weight excluding hydrogens is 352 g/mol. The number of nitrogens with zero attached hydrogens (tertiary/aromatic N) is 1. The van der Waals surface area contributed by atoms with Gasteiger partial charge in [0.05, 0.1) is 21.8 Å². The first-order valence-electron chi connectivity index (χ1n) is 7.21. The number of imide groups is 1. The molecule has 1 aliphatic rings. The van der Waals surface area contributed by atoms with Crippen LogP contribution in [-0.2, 0) is 29.0 Å². The molecule has 2 atom stereocenters. The van der Waals surface area contributed by atoms with Crippen molar-refractivity contribution in [3.05, 3.63) is 29.8 Å². The summed E-state index contributed by atoms with van der Waals surface area (Å²) in [7, 11) is -3.78. The van der Waals surface area contributed by atoms with Crippen molar-refractivity contribution in [1.29, 1.82) is 0 Å². The van der Waals surface area contributed by atoms with E-state index in [0.29, 0.717) is 12.1 Å². The average molecular weight is 368 g/mol. The highest BCUT2D eigenvalue weighted by atomic mass is 32.2. The van der Waals surface area contributed by atoms with Crippen molar-refractivity contribution in [1.82, 2.24) is 5.06 Å². The van der Waals surface area contributed by atoms with Gasteiger partial charge in [0.25, 0.3) is 11.8 Å². The largest absolute Gasteiger partial charge is 0.363 e. The molecule has 0 saturated carbocycles. The molecule has 0 radical (unpaired) electrons. The van der Waals surface area contributed by atoms with E-state index >= 15 is 0 Å². The highest BCUT2D eigenvalue weighted by Gasteiger charge is 2.45. The Morgan fingerprint density at radius 2 is 1.96 bits per heavy atom. The standard InChI is InChI=1S/C15H16N2O7S/c1-3-12(18)16-10-6-4-9(5-7-10)15(21)24-17-13(19)8-11(14(17)20)25(2,22)23/h4-7,11H,2-3,8H2,1H3,(H,16,18)(H,22,23). The minimum absolute atomic E-state index is 0.0258. The molecule has 1 aromatic carbocycles. The van der Waals surface area contributed by atoms with Crippen LogP contribution in [0.25, 0.3) is 0 Å². The molecule has 25 heavy (non-hydrogen) atoms. The van der Waals surface area contributed by atoms with Crippen molar-refractivity contribution in [2.24, 2.45) is 0 Å². The van der Waals surface area contributed by atoms with E-state index in [4.69, 9.17) is 4.84 Å². The topological polar surface area (TPSA) is 130 Å². The molecule has 1 saturated heterocycles. The van der Waals surface area contributed by atoms with Crippen LogP contribution in [0.5, 0.6) is 0 Å². The summed E-state index contributed by atoms with van der Waals surface area (Å²) in [5.74, 6) is -0.229. The molecule has 1 fully saturated rings. The normalized spacial score (nSPS) is 19.4. The lowest BCUT2D eigenvalue weighted by molar-refractivity contribution is -0.172. The molecule has 1 aliphatic heterocycles. The number of benzene rings is 1. The molecule has 2 rings (SSSR count). The summed E-state index contributed by atoms with van der Waals surface area (Å²) in [5.41, 5.74) is 0.492. The Kier molecular flexibility index (Phi) is 5.24. The second-order valence-corrected chi connectivity index (χ2v) is 7.22. The maximum atomic E-state index is 12.0.